The fraction of sp³-hybridized carbons (Fsp3) is 1.00. The van der Waals surface area contributed by atoms with Crippen LogP contribution in [0.3, 0.4) is 0 Å². The summed E-state index contributed by atoms with van der Waals surface area (Å²) in [6.07, 6.45) is 10.5. The molecule has 17 heavy (non-hydrogen) atoms. The van der Waals surface area contributed by atoms with Gasteiger partial charge in [0.15, 0.2) is 0 Å². The second kappa shape index (κ2) is 10.2. The van der Waals surface area contributed by atoms with Crippen molar-refractivity contribution < 1.29 is 0 Å². The van der Waals surface area contributed by atoms with Gasteiger partial charge in [-0.05, 0) is 76.8 Å². The molecule has 0 saturated carbocycles. The molecule has 3 heteroatoms. The molecule has 0 atom stereocenters. The molecule has 1 heterocycles. The number of nitrogens with zero attached hydrogens (tertiary/aromatic N) is 1. The van der Waals surface area contributed by atoms with Crippen molar-refractivity contribution in [1.82, 2.24) is 10.2 Å². The molecule has 1 N–H and O–H groups in total. The zero-order chi connectivity index (χ0) is 12.3. The van der Waals surface area contributed by atoms with E-state index in [9.17, 15) is 0 Å². The van der Waals surface area contributed by atoms with Crippen LogP contribution in [-0.2, 0) is 0 Å². The lowest BCUT2D eigenvalue weighted by atomic mass is 9.97. The number of nitrogens with one attached hydrogen (secondary N) is 1. The van der Waals surface area contributed by atoms with Gasteiger partial charge in [-0.1, -0.05) is 12.8 Å². The van der Waals surface area contributed by atoms with Crippen LogP contribution < -0.4 is 5.32 Å². The van der Waals surface area contributed by atoms with Gasteiger partial charge in [-0.15, -0.1) is 0 Å². The minimum atomic E-state index is 0.933. The van der Waals surface area contributed by atoms with Crippen molar-refractivity contribution in [3.05, 3.63) is 0 Å². The van der Waals surface area contributed by atoms with Crippen molar-refractivity contribution in [2.75, 3.05) is 45.2 Å². The summed E-state index contributed by atoms with van der Waals surface area (Å²) in [4.78, 5) is 2.45. The average Bonchev–Trinajstić information content (AvgIpc) is 2.35. The van der Waals surface area contributed by atoms with E-state index in [1.54, 1.807) is 0 Å². The van der Waals surface area contributed by atoms with Gasteiger partial charge in [-0.3, -0.25) is 0 Å². The SMILES string of the molecule is CSCCCCCCNCC1CCN(C)CC1. The van der Waals surface area contributed by atoms with Crippen LogP contribution >= 0.6 is 11.8 Å². The Morgan fingerprint density at radius 3 is 2.53 bits per heavy atom. The molecule has 0 aromatic heterocycles. The molecule has 0 spiro atoms. The molecule has 0 aromatic rings. The highest BCUT2D eigenvalue weighted by Crippen LogP contribution is 2.14. The number of rotatable bonds is 9. The quantitative estimate of drug-likeness (QED) is 0.640. The number of hydrogen-bond donors (Lipinski definition) is 1. The fourth-order valence-corrected chi connectivity index (χ4v) is 2.92. The highest BCUT2D eigenvalue weighted by molar-refractivity contribution is 7.98. The van der Waals surface area contributed by atoms with Crippen LogP contribution in [0, 0.1) is 5.92 Å². The second-order valence-electron chi connectivity index (χ2n) is 5.36. The van der Waals surface area contributed by atoms with Gasteiger partial charge >= 0.3 is 0 Å². The van der Waals surface area contributed by atoms with E-state index in [-0.39, 0.29) is 0 Å². The molecule has 0 amide bonds. The van der Waals surface area contributed by atoms with Gasteiger partial charge in [0, 0.05) is 0 Å². The topological polar surface area (TPSA) is 15.3 Å². The standard InChI is InChI=1S/C14H30N2S/c1-16-10-7-14(8-11-16)13-15-9-5-3-4-6-12-17-2/h14-15H,3-13H2,1-2H3. The van der Waals surface area contributed by atoms with Crippen molar-refractivity contribution in [1.29, 1.82) is 0 Å². The average molecular weight is 258 g/mol. The van der Waals surface area contributed by atoms with E-state index in [1.807, 2.05) is 11.8 Å². The van der Waals surface area contributed by atoms with E-state index in [1.165, 1.54) is 70.5 Å². The molecule has 102 valence electrons. The largest absolute Gasteiger partial charge is 0.316 e. The van der Waals surface area contributed by atoms with Crippen molar-refractivity contribution in [2.45, 2.75) is 38.5 Å². The Morgan fingerprint density at radius 2 is 1.82 bits per heavy atom. The summed E-state index contributed by atoms with van der Waals surface area (Å²) >= 11 is 1.97. The molecule has 1 aliphatic rings. The summed E-state index contributed by atoms with van der Waals surface area (Å²) in [7, 11) is 2.23. The maximum Gasteiger partial charge on any atom is -0.00187 e. The van der Waals surface area contributed by atoms with Crippen molar-refractivity contribution >= 4 is 11.8 Å². The normalized spacial score (nSPS) is 18.7. The lowest BCUT2D eigenvalue weighted by molar-refractivity contribution is 0.216. The van der Waals surface area contributed by atoms with Crippen molar-refractivity contribution in [3.8, 4) is 0 Å². The van der Waals surface area contributed by atoms with Crippen LogP contribution in [0.4, 0.5) is 0 Å². The van der Waals surface area contributed by atoms with Gasteiger partial charge in [-0.25, -0.2) is 0 Å². The number of hydrogen-bond acceptors (Lipinski definition) is 3. The molecular formula is C14H30N2S. The van der Waals surface area contributed by atoms with Crippen LogP contribution in [0.5, 0.6) is 0 Å². The van der Waals surface area contributed by atoms with E-state index < -0.39 is 0 Å². The number of thioether (sulfide) groups is 1. The van der Waals surface area contributed by atoms with Gasteiger partial charge in [0.05, 0.1) is 0 Å². The van der Waals surface area contributed by atoms with Gasteiger partial charge in [-0.2, -0.15) is 11.8 Å². The lowest BCUT2D eigenvalue weighted by Crippen LogP contribution is -2.35. The van der Waals surface area contributed by atoms with E-state index >= 15 is 0 Å². The molecule has 2 nitrogen and oxygen atoms in total. The van der Waals surface area contributed by atoms with Gasteiger partial charge in [0.25, 0.3) is 0 Å². The van der Waals surface area contributed by atoms with Gasteiger partial charge in [0.1, 0.15) is 0 Å². The van der Waals surface area contributed by atoms with Gasteiger partial charge < -0.3 is 10.2 Å². The third-order valence-corrected chi connectivity index (χ3v) is 4.42. The third kappa shape index (κ3) is 8.06. The zero-order valence-corrected chi connectivity index (χ0v) is 12.5. The molecule has 0 unspecified atom stereocenters. The predicted molar refractivity (Wildman–Crippen MR) is 79.9 cm³/mol. The van der Waals surface area contributed by atoms with E-state index in [0.717, 1.165) is 5.92 Å². The summed E-state index contributed by atoms with van der Waals surface area (Å²) in [5.74, 6) is 2.27. The monoisotopic (exact) mass is 258 g/mol. The summed E-state index contributed by atoms with van der Waals surface area (Å²) in [5.41, 5.74) is 0. The molecule has 1 aliphatic heterocycles. The predicted octanol–water partition coefficient (Wildman–Crippen LogP) is 2.84. The summed E-state index contributed by atoms with van der Waals surface area (Å²) in [5, 5.41) is 3.64. The summed E-state index contributed by atoms with van der Waals surface area (Å²) in [6.45, 7) is 5.06. The number of unbranched alkanes of at least 4 members (excludes halogenated alkanes) is 3. The maximum atomic E-state index is 3.64. The smallest absolute Gasteiger partial charge is 0.00187 e. The Morgan fingerprint density at radius 1 is 1.12 bits per heavy atom. The molecule has 0 radical (unpaired) electrons. The first-order chi connectivity index (χ1) is 8.33. The molecule has 0 aliphatic carbocycles. The Hall–Kier alpha value is 0.270. The van der Waals surface area contributed by atoms with Crippen LogP contribution in [0.15, 0.2) is 0 Å². The van der Waals surface area contributed by atoms with Crippen molar-refractivity contribution in [3.63, 3.8) is 0 Å². The summed E-state index contributed by atoms with van der Waals surface area (Å²) < 4.78 is 0. The Labute approximate surface area is 112 Å². The highest BCUT2D eigenvalue weighted by Gasteiger charge is 2.15. The zero-order valence-electron chi connectivity index (χ0n) is 11.7. The van der Waals surface area contributed by atoms with Crippen LogP contribution in [0.25, 0.3) is 0 Å². The second-order valence-corrected chi connectivity index (χ2v) is 6.34. The van der Waals surface area contributed by atoms with Crippen LogP contribution in [0.2, 0.25) is 0 Å². The fourth-order valence-electron chi connectivity index (χ4n) is 2.42. The van der Waals surface area contributed by atoms with E-state index in [0.29, 0.717) is 0 Å². The molecule has 1 rings (SSSR count). The first-order valence-electron chi connectivity index (χ1n) is 7.21. The Balaban J connectivity index is 1.81. The minimum Gasteiger partial charge on any atom is -0.316 e. The third-order valence-electron chi connectivity index (χ3n) is 3.72. The van der Waals surface area contributed by atoms with Gasteiger partial charge in [0.2, 0.25) is 0 Å². The highest BCUT2D eigenvalue weighted by atomic mass is 32.2. The molecule has 1 saturated heterocycles. The van der Waals surface area contributed by atoms with Crippen LogP contribution in [0.1, 0.15) is 38.5 Å². The van der Waals surface area contributed by atoms with E-state index in [2.05, 4.69) is 23.5 Å². The molecular weight excluding hydrogens is 228 g/mol. The lowest BCUT2D eigenvalue weighted by Gasteiger charge is -2.29. The van der Waals surface area contributed by atoms with E-state index in [4.69, 9.17) is 0 Å². The molecule has 0 aromatic carbocycles. The first-order valence-corrected chi connectivity index (χ1v) is 8.60. The number of piperidine rings is 1. The maximum absolute atomic E-state index is 3.64. The minimum absolute atomic E-state index is 0.933. The first kappa shape index (κ1) is 15.3. The van der Waals surface area contributed by atoms with Crippen LogP contribution in [-0.4, -0.2) is 50.1 Å². The number of likely N-dealkylation sites (tertiary alicyclic amines) is 1. The summed E-state index contributed by atoms with van der Waals surface area (Å²) in [6, 6.07) is 0. The molecule has 1 fully saturated rings. The van der Waals surface area contributed by atoms with Crippen molar-refractivity contribution in [2.24, 2.45) is 5.92 Å². The molecule has 0 bridgehead atoms. The Bertz CT molecular complexity index is 168. The Kier molecular flexibility index (Phi) is 9.21.